The van der Waals surface area contributed by atoms with E-state index in [4.69, 9.17) is 0 Å². The molecule has 2 aromatic heterocycles. The maximum atomic E-state index is 12.9. The molecule has 0 spiro atoms. The number of aldehydes is 1. The van der Waals surface area contributed by atoms with Crippen molar-refractivity contribution < 1.29 is 19.5 Å². The van der Waals surface area contributed by atoms with Gasteiger partial charge in [-0.1, -0.05) is 24.3 Å². The first-order valence-corrected chi connectivity index (χ1v) is 9.29. The van der Waals surface area contributed by atoms with Crippen LogP contribution in [0.15, 0.2) is 54.7 Å². The highest BCUT2D eigenvalue weighted by Crippen LogP contribution is 2.27. The molecule has 3 N–H and O–H groups in total. The molecule has 0 unspecified atom stereocenters. The number of anilines is 1. The van der Waals surface area contributed by atoms with Crippen molar-refractivity contribution in [3.63, 3.8) is 0 Å². The fourth-order valence-corrected chi connectivity index (χ4v) is 3.34. The van der Waals surface area contributed by atoms with Gasteiger partial charge in [0.25, 0.3) is 5.91 Å². The number of aromatic nitrogens is 3. The summed E-state index contributed by atoms with van der Waals surface area (Å²) in [5, 5.41) is 17.2. The molecule has 0 aliphatic rings. The molecule has 0 saturated heterocycles. The Morgan fingerprint density at radius 1 is 1.17 bits per heavy atom. The minimum absolute atomic E-state index is 0.153. The lowest BCUT2D eigenvalue weighted by Gasteiger charge is -2.08. The Morgan fingerprint density at radius 2 is 1.97 bits per heavy atom. The number of hydrogen-bond donors (Lipinski definition) is 3. The zero-order chi connectivity index (χ0) is 21.3. The lowest BCUT2D eigenvalue weighted by atomic mass is 10.0. The molecule has 0 fully saturated rings. The summed E-state index contributed by atoms with van der Waals surface area (Å²) in [6.07, 6.45) is 2.12. The molecule has 8 heteroatoms. The number of H-pyrrole nitrogens is 1. The number of nitrogens with one attached hydrogen (secondary N) is 2. The van der Waals surface area contributed by atoms with Crippen molar-refractivity contribution in [2.75, 3.05) is 5.32 Å². The molecule has 4 rings (SSSR count). The van der Waals surface area contributed by atoms with Crippen LogP contribution in [-0.2, 0) is 6.54 Å². The summed E-state index contributed by atoms with van der Waals surface area (Å²) >= 11 is 0. The average molecular weight is 402 g/mol. The van der Waals surface area contributed by atoms with Crippen molar-refractivity contribution in [1.29, 1.82) is 0 Å². The first kappa shape index (κ1) is 19.1. The molecule has 0 aliphatic carbocycles. The molecule has 150 valence electrons. The number of hydrogen-bond acceptors (Lipinski definition) is 5. The number of ketones is 1. The van der Waals surface area contributed by atoms with E-state index in [1.165, 1.54) is 0 Å². The zero-order valence-electron chi connectivity index (χ0n) is 16.0. The van der Waals surface area contributed by atoms with E-state index >= 15 is 0 Å². The Kier molecular flexibility index (Phi) is 4.89. The molecular weight excluding hydrogens is 384 g/mol. The normalized spacial score (nSPS) is 10.8. The number of aromatic amines is 1. The predicted molar refractivity (Wildman–Crippen MR) is 111 cm³/mol. The average Bonchev–Trinajstić information content (AvgIpc) is 3.36. The Balaban J connectivity index is 1.60. The standard InChI is InChI=1S/C22H18N4O4/c1-2-26-19(8-9-23-26)22(30)24-15-5-3-4-13(10-15)20(28)14-6-7-16-17(12-27)21(29)25-18(16)11-14/h3-12,25,29H,2H2,1H3,(H,24,30). The van der Waals surface area contributed by atoms with Crippen molar-refractivity contribution >= 4 is 34.6 Å². The first-order chi connectivity index (χ1) is 14.5. The van der Waals surface area contributed by atoms with Crippen LogP contribution in [0.4, 0.5) is 5.69 Å². The van der Waals surface area contributed by atoms with Crippen LogP contribution in [-0.4, -0.2) is 37.8 Å². The molecule has 0 atom stereocenters. The molecule has 1 amide bonds. The number of aryl methyl sites for hydroxylation is 1. The minimum Gasteiger partial charge on any atom is -0.494 e. The summed E-state index contributed by atoms with van der Waals surface area (Å²) in [4.78, 5) is 39.3. The van der Waals surface area contributed by atoms with Gasteiger partial charge >= 0.3 is 0 Å². The molecule has 2 aromatic carbocycles. The van der Waals surface area contributed by atoms with Crippen LogP contribution in [0, 0.1) is 0 Å². The molecular formula is C22H18N4O4. The molecule has 0 saturated carbocycles. The third kappa shape index (κ3) is 3.35. The fourth-order valence-electron chi connectivity index (χ4n) is 3.34. The van der Waals surface area contributed by atoms with Gasteiger partial charge in [-0.25, -0.2) is 0 Å². The quantitative estimate of drug-likeness (QED) is 0.338. The van der Waals surface area contributed by atoms with Crippen LogP contribution in [0.25, 0.3) is 10.9 Å². The number of nitrogens with zero attached hydrogens (tertiary/aromatic N) is 2. The highest BCUT2D eigenvalue weighted by atomic mass is 16.3. The van der Waals surface area contributed by atoms with Gasteiger partial charge in [-0.3, -0.25) is 19.1 Å². The van der Waals surface area contributed by atoms with Gasteiger partial charge in [0.2, 0.25) is 0 Å². The second-order valence-corrected chi connectivity index (χ2v) is 6.66. The molecule has 0 aliphatic heterocycles. The van der Waals surface area contributed by atoms with Gasteiger partial charge in [0, 0.05) is 40.5 Å². The lowest BCUT2D eigenvalue weighted by molar-refractivity contribution is 0.101. The highest BCUT2D eigenvalue weighted by Gasteiger charge is 2.16. The smallest absolute Gasteiger partial charge is 0.273 e. The van der Waals surface area contributed by atoms with Crippen molar-refractivity contribution in [2.24, 2.45) is 0 Å². The SMILES string of the molecule is CCn1nccc1C(=O)Nc1cccc(C(=O)c2ccc3c(C=O)c(O)[nH]c3c2)c1. The number of benzene rings is 2. The van der Waals surface area contributed by atoms with E-state index in [1.807, 2.05) is 6.92 Å². The monoisotopic (exact) mass is 402 g/mol. The van der Waals surface area contributed by atoms with Crippen LogP contribution < -0.4 is 5.32 Å². The van der Waals surface area contributed by atoms with Crippen LogP contribution in [0.1, 0.15) is 43.7 Å². The van der Waals surface area contributed by atoms with Crippen LogP contribution in [0.3, 0.4) is 0 Å². The maximum Gasteiger partial charge on any atom is 0.273 e. The van der Waals surface area contributed by atoms with E-state index in [-0.39, 0.29) is 23.1 Å². The first-order valence-electron chi connectivity index (χ1n) is 9.29. The Bertz CT molecular complexity index is 1290. The molecule has 2 heterocycles. The molecule has 0 radical (unpaired) electrons. The molecule has 4 aromatic rings. The number of rotatable bonds is 6. The van der Waals surface area contributed by atoms with Gasteiger partial charge in [-0.15, -0.1) is 0 Å². The minimum atomic E-state index is -0.316. The summed E-state index contributed by atoms with van der Waals surface area (Å²) in [6.45, 7) is 2.46. The van der Waals surface area contributed by atoms with Crippen LogP contribution in [0.5, 0.6) is 5.88 Å². The van der Waals surface area contributed by atoms with E-state index < -0.39 is 0 Å². The topological polar surface area (TPSA) is 117 Å². The van der Waals surface area contributed by atoms with Gasteiger partial charge in [-0.2, -0.15) is 5.10 Å². The number of fused-ring (bicyclic) bond motifs is 1. The van der Waals surface area contributed by atoms with Gasteiger partial charge in [0.15, 0.2) is 17.9 Å². The van der Waals surface area contributed by atoms with E-state index in [0.717, 1.165) is 0 Å². The largest absolute Gasteiger partial charge is 0.494 e. The summed E-state index contributed by atoms with van der Waals surface area (Å²) in [6, 6.07) is 13.0. The Hall–Kier alpha value is -4.20. The second-order valence-electron chi connectivity index (χ2n) is 6.66. The third-order valence-electron chi connectivity index (χ3n) is 4.83. The van der Waals surface area contributed by atoms with Crippen molar-refractivity contribution in [3.05, 3.63) is 77.1 Å². The van der Waals surface area contributed by atoms with Crippen LogP contribution in [0.2, 0.25) is 0 Å². The number of amides is 1. The fraction of sp³-hybridized carbons (Fsp3) is 0.0909. The van der Waals surface area contributed by atoms with Gasteiger partial charge < -0.3 is 15.4 Å². The van der Waals surface area contributed by atoms with Gasteiger partial charge in [0.05, 0.1) is 5.56 Å². The number of carbonyl (C=O) groups excluding carboxylic acids is 3. The predicted octanol–water partition coefficient (Wildman–Crippen LogP) is 3.39. The molecule has 30 heavy (non-hydrogen) atoms. The Labute approximate surface area is 171 Å². The molecule has 0 bridgehead atoms. The number of aromatic hydroxyl groups is 1. The van der Waals surface area contributed by atoms with Crippen molar-refractivity contribution in [3.8, 4) is 5.88 Å². The maximum absolute atomic E-state index is 12.9. The highest BCUT2D eigenvalue weighted by molar-refractivity contribution is 6.12. The summed E-state index contributed by atoms with van der Waals surface area (Å²) in [7, 11) is 0. The van der Waals surface area contributed by atoms with Crippen molar-refractivity contribution in [1.82, 2.24) is 14.8 Å². The van der Waals surface area contributed by atoms with E-state index in [2.05, 4.69) is 15.4 Å². The third-order valence-corrected chi connectivity index (χ3v) is 4.83. The summed E-state index contributed by atoms with van der Waals surface area (Å²) in [5.41, 5.74) is 2.32. The summed E-state index contributed by atoms with van der Waals surface area (Å²) < 4.78 is 1.58. The van der Waals surface area contributed by atoms with E-state index in [1.54, 1.807) is 59.4 Å². The van der Waals surface area contributed by atoms with Crippen molar-refractivity contribution in [2.45, 2.75) is 13.5 Å². The van der Waals surface area contributed by atoms with Gasteiger partial charge in [-0.05, 0) is 31.2 Å². The Morgan fingerprint density at radius 3 is 2.73 bits per heavy atom. The van der Waals surface area contributed by atoms with Gasteiger partial charge in [0.1, 0.15) is 5.69 Å². The summed E-state index contributed by atoms with van der Waals surface area (Å²) in [5.74, 6) is -0.808. The van der Waals surface area contributed by atoms with Crippen LogP contribution >= 0.6 is 0 Å². The molecule has 8 nitrogen and oxygen atoms in total. The lowest BCUT2D eigenvalue weighted by Crippen LogP contribution is -2.17. The van der Waals surface area contributed by atoms with E-state index in [9.17, 15) is 19.5 Å². The second kappa shape index (κ2) is 7.67. The zero-order valence-corrected chi connectivity index (χ0v) is 16.0. The van der Waals surface area contributed by atoms with E-state index in [0.29, 0.717) is 46.2 Å². The number of carbonyl (C=O) groups is 3.